The number of carbonyl (C=O) groups excluding carboxylic acids is 1. The second kappa shape index (κ2) is 11.7. The third-order valence-electron chi connectivity index (χ3n) is 4.11. The minimum Gasteiger partial charge on any atom is -1.00 e. The number of halogens is 2. The van der Waals surface area contributed by atoms with Crippen LogP contribution in [0.15, 0.2) is 30.3 Å². The minimum absolute atomic E-state index is 0. The summed E-state index contributed by atoms with van der Waals surface area (Å²) in [5, 5.41) is 0. The van der Waals surface area contributed by atoms with E-state index in [4.69, 9.17) is 4.74 Å². The van der Waals surface area contributed by atoms with Gasteiger partial charge in [0.1, 0.15) is 18.7 Å². The van der Waals surface area contributed by atoms with Gasteiger partial charge < -0.3 is 39.4 Å². The highest BCUT2D eigenvalue weighted by molar-refractivity contribution is 5.76. The van der Waals surface area contributed by atoms with Gasteiger partial charge in [-0.3, -0.25) is 0 Å². The Hall–Kier alpha value is -0.810. The summed E-state index contributed by atoms with van der Waals surface area (Å²) in [5.74, 6) is -0.135. The van der Waals surface area contributed by atoms with Gasteiger partial charge in [0.2, 0.25) is 6.04 Å². The normalized spacial score (nSPS) is 13.5. The summed E-state index contributed by atoms with van der Waals surface area (Å²) >= 11 is 0. The standard InChI is InChI=1S/C18H30N2O2.2ClH/c1-7-18(2,3)22-17(21)16(15-11-9-8-10-12-15)20(6)14-13-19(4)5;;/h8-12,16H,7,13-14H2,1-6H3;2*1H. The van der Waals surface area contributed by atoms with Crippen LogP contribution in [0, 0.1) is 0 Å². The molecule has 1 aromatic rings. The third kappa shape index (κ3) is 8.34. The molecule has 2 atom stereocenters. The van der Waals surface area contributed by atoms with Crippen LogP contribution in [0.2, 0.25) is 0 Å². The molecule has 6 heteroatoms. The minimum atomic E-state index is -0.419. The summed E-state index contributed by atoms with van der Waals surface area (Å²) in [5.41, 5.74) is 0.600. The van der Waals surface area contributed by atoms with Crippen molar-refractivity contribution < 1.29 is 44.1 Å². The second-order valence-corrected chi connectivity index (χ2v) is 6.93. The Morgan fingerprint density at radius 2 is 1.62 bits per heavy atom. The monoisotopic (exact) mass is 378 g/mol. The summed E-state index contributed by atoms with van der Waals surface area (Å²) in [4.78, 5) is 15.3. The van der Waals surface area contributed by atoms with E-state index in [-0.39, 0.29) is 36.8 Å². The van der Waals surface area contributed by atoms with Crippen LogP contribution in [-0.4, -0.2) is 45.8 Å². The summed E-state index contributed by atoms with van der Waals surface area (Å²) in [6, 6.07) is 9.68. The molecular formula is C18H32Cl2N2O2. The van der Waals surface area contributed by atoms with Crippen molar-refractivity contribution in [2.45, 2.75) is 38.8 Å². The van der Waals surface area contributed by atoms with Gasteiger partial charge in [-0.25, -0.2) is 4.79 Å². The van der Waals surface area contributed by atoms with E-state index < -0.39 is 5.60 Å². The van der Waals surface area contributed by atoms with Gasteiger partial charge in [0.05, 0.1) is 21.1 Å². The van der Waals surface area contributed by atoms with Crippen molar-refractivity contribution in [2.24, 2.45) is 0 Å². The van der Waals surface area contributed by atoms with Crippen molar-refractivity contribution in [3.05, 3.63) is 35.9 Å². The van der Waals surface area contributed by atoms with E-state index in [1.54, 1.807) is 0 Å². The zero-order chi connectivity index (χ0) is 16.8. The molecule has 0 aliphatic heterocycles. The zero-order valence-electron chi connectivity index (χ0n) is 15.7. The van der Waals surface area contributed by atoms with Crippen molar-refractivity contribution in [2.75, 3.05) is 34.2 Å². The lowest BCUT2D eigenvalue weighted by Crippen LogP contribution is -3.17. The Morgan fingerprint density at radius 1 is 1.08 bits per heavy atom. The zero-order valence-corrected chi connectivity index (χ0v) is 17.2. The number of quaternary nitrogens is 2. The van der Waals surface area contributed by atoms with Crippen molar-refractivity contribution in [3.63, 3.8) is 0 Å². The highest BCUT2D eigenvalue weighted by Gasteiger charge is 2.34. The Morgan fingerprint density at radius 3 is 2.08 bits per heavy atom. The lowest BCUT2D eigenvalue weighted by Gasteiger charge is -2.29. The molecule has 0 radical (unpaired) electrons. The molecule has 4 nitrogen and oxygen atoms in total. The van der Waals surface area contributed by atoms with E-state index in [1.807, 2.05) is 51.1 Å². The molecule has 1 rings (SSSR count). The molecule has 0 amide bonds. The molecule has 0 aromatic heterocycles. The molecule has 0 bridgehead atoms. The number of benzene rings is 1. The second-order valence-electron chi connectivity index (χ2n) is 6.93. The molecule has 0 fully saturated rings. The number of carbonyl (C=O) groups is 1. The Labute approximate surface area is 159 Å². The van der Waals surface area contributed by atoms with Crippen LogP contribution in [0.4, 0.5) is 0 Å². The van der Waals surface area contributed by atoms with Crippen LogP contribution in [0.3, 0.4) is 0 Å². The topological polar surface area (TPSA) is 35.2 Å². The molecule has 0 aliphatic rings. The summed E-state index contributed by atoms with van der Waals surface area (Å²) in [6.07, 6.45) is 0.807. The third-order valence-corrected chi connectivity index (χ3v) is 4.11. The summed E-state index contributed by atoms with van der Waals surface area (Å²) < 4.78 is 5.76. The number of hydrogen-bond donors (Lipinski definition) is 2. The maximum atomic E-state index is 12.8. The molecule has 140 valence electrons. The van der Waals surface area contributed by atoms with Crippen molar-refractivity contribution in [1.82, 2.24) is 0 Å². The van der Waals surface area contributed by atoms with Crippen LogP contribution in [0.1, 0.15) is 38.8 Å². The molecular weight excluding hydrogens is 347 g/mol. The fourth-order valence-corrected chi connectivity index (χ4v) is 2.26. The summed E-state index contributed by atoms with van der Waals surface area (Å²) in [7, 11) is 6.33. The van der Waals surface area contributed by atoms with E-state index in [2.05, 4.69) is 21.1 Å². The Kier molecular flexibility index (Phi) is 12.4. The lowest BCUT2D eigenvalue weighted by molar-refractivity contribution is -0.943. The van der Waals surface area contributed by atoms with E-state index in [0.717, 1.165) is 25.1 Å². The first-order chi connectivity index (χ1) is 10.3. The Bertz CT molecular complexity index is 467. The van der Waals surface area contributed by atoms with Gasteiger partial charge >= 0.3 is 5.97 Å². The average Bonchev–Trinajstić information content (AvgIpc) is 2.46. The average molecular weight is 379 g/mol. The van der Waals surface area contributed by atoms with Crippen molar-refractivity contribution in [1.29, 1.82) is 0 Å². The van der Waals surface area contributed by atoms with E-state index >= 15 is 0 Å². The van der Waals surface area contributed by atoms with Crippen molar-refractivity contribution >= 4 is 5.97 Å². The Balaban J connectivity index is 0. The van der Waals surface area contributed by atoms with Gasteiger partial charge in [-0.1, -0.05) is 37.3 Å². The van der Waals surface area contributed by atoms with Crippen molar-refractivity contribution in [3.8, 4) is 0 Å². The van der Waals surface area contributed by atoms with Crippen LogP contribution >= 0.6 is 0 Å². The molecule has 0 heterocycles. The molecule has 0 saturated carbocycles. The quantitative estimate of drug-likeness (QED) is 0.442. The van der Waals surface area contributed by atoms with Crippen LogP contribution in [0.25, 0.3) is 0 Å². The highest BCUT2D eigenvalue weighted by atomic mass is 35.5. The fourth-order valence-electron chi connectivity index (χ4n) is 2.26. The van der Waals surface area contributed by atoms with E-state index in [1.165, 1.54) is 9.80 Å². The number of rotatable bonds is 8. The van der Waals surface area contributed by atoms with Gasteiger partial charge in [0.15, 0.2) is 0 Å². The number of hydrogen-bond acceptors (Lipinski definition) is 2. The number of ether oxygens (including phenoxy) is 1. The fraction of sp³-hybridized carbons (Fsp3) is 0.611. The van der Waals surface area contributed by atoms with E-state index in [9.17, 15) is 4.79 Å². The largest absolute Gasteiger partial charge is 1.00 e. The molecule has 2 N–H and O–H groups in total. The van der Waals surface area contributed by atoms with E-state index in [0.29, 0.717) is 0 Å². The SMILES string of the molecule is CCC(C)(C)OC(=O)C(c1ccccc1)[NH+](C)CC[NH+](C)C.[Cl-].[Cl-]. The predicted molar refractivity (Wildman–Crippen MR) is 89.1 cm³/mol. The van der Waals surface area contributed by atoms with Crippen LogP contribution in [0.5, 0.6) is 0 Å². The van der Waals surface area contributed by atoms with Gasteiger partial charge in [0, 0.05) is 5.56 Å². The number of esters is 1. The molecule has 0 spiro atoms. The summed E-state index contributed by atoms with van der Waals surface area (Å²) in [6.45, 7) is 7.90. The first kappa shape index (κ1) is 25.4. The van der Waals surface area contributed by atoms with Gasteiger partial charge in [-0.2, -0.15) is 0 Å². The van der Waals surface area contributed by atoms with Gasteiger partial charge in [0.25, 0.3) is 0 Å². The maximum Gasteiger partial charge on any atom is 0.370 e. The van der Waals surface area contributed by atoms with Gasteiger partial charge in [-0.05, 0) is 20.3 Å². The first-order valence-corrected chi connectivity index (χ1v) is 8.16. The number of nitrogens with one attached hydrogen (secondary N) is 2. The molecule has 24 heavy (non-hydrogen) atoms. The lowest BCUT2D eigenvalue weighted by atomic mass is 10.0. The maximum absolute atomic E-state index is 12.8. The molecule has 2 unspecified atom stereocenters. The number of likely N-dealkylation sites (N-methyl/N-ethyl adjacent to an activating group) is 2. The molecule has 1 aromatic carbocycles. The molecule has 0 aliphatic carbocycles. The van der Waals surface area contributed by atoms with Gasteiger partial charge in [-0.15, -0.1) is 0 Å². The first-order valence-electron chi connectivity index (χ1n) is 8.16. The molecule has 0 saturated heterocycles. The highest BCUT2D eigenvalue weighted by Crippen LogP contribution is 2.19. The predicted octanol–water partition coefficient (Wildman–Crippen LogP) is -5.87. The van der Waals surface area contributed by atoms with Crippen LogP contribution < -0.4 is 34.6 Å². The smallest absolute Gasteiger partial charge is 0.370 e. The van der Waals surface area contributed by atoms with Crippen LogP contribution in [-0.2, 0) is 9.53 Å².